The van der Waals surface area contributed by atoms with Gasteiger partial charge in [0, 0.05) is 0 Å². The maximum atomic E-state index is 8.96. The number of hydrogen-bond donors (Lipinski definition) is 4. The monoisotopic (exact) mass is 148 g/mol. The van der Waals surface area contributed by atoms with Crippen LogP contribution in [0.2, 0.25) is 0 Å². The first-order chi connectivity index (χ1) is 4.63. The molecule has 2 unspecified atom stereocenters. The molecule has 1 aliphatic carbocycles. The van der Waals surface area contributed by atoms with E-state index in [-0.39, 0.29) is 0 Å². The molecule has 1 rings (SSSR count). The van der Waals surface area contributed by atoms with E-state index in [0.29, 0.717) is 12.8 Å². The number of rotatable bonds is 0. The summed E-state index contributed by atoms with van der Waals surface area (Å²) in [5.41, 5.74) is 0. The van der Waals surface area contributed by atoms with Crippen LogP contribution in [0.1, 0.15) is 12.8 Å². The molecule has 4 atom stereocenters. The molecule has 0 spiro atoms. The quantitative estimate of drug-likeness (QED) is 0.327. The second-order valence-electron chi connectivity index (χ2n) is 2.69. The maximum Gasteiger partial charge on any atom is 0.108 e. The number of aliphatic hydroxyl groups excluding tert-OH is 4. The maximum absolute atomic E-state index is 8.96. The minimum absolute atomic E-state index is 0.347. The normalized spacial score (nSPS) is 49.2. The van der Waals surface area contributed by atoms with Crippen molar-refractivity contribution in [2.24, 2.45) is 0 Å². The van der Waals surface area contributed by atoms with E-state index in [1.165, 1.54) is 0 Å². The Morgan fingerprint density at radius 2 is 1.00 bits per heavy atom. The highest BCUT2D eigenvalue weighted by Crippen LogP contribution is 2.19. The molecule has 4 N–H and O–H groups in total. The lowest BCUT2D eigenvalue weighted by atomic mass is 9.90. The van der Waals surface area contributed by atoms with E-state index >= 15 is 0 Å². The Hall–Kier alpha value is -0.160. The largest absolute Gasteiger partial charge is 0.390 e. The summed E-state index contributed by atoms with van der Waals surface area (Å²) in [5.74, 6) is 0. The van der Waals surface area contributed by atoms with E-state index in [1.807, 2.05) is 0 Å². The van der Waals surface area contributed by atoms with Gasteiger partial charge in [-0.2, -0.15) is 0 Å². The van der Waals surface area contributed by atoms with Crippen LogP contribution in [0.3, 0.4) is 0 Å². The van der Waals surface area contributed by atoms with Gasteiger partial charge < -0.3 is 20.4 Å². The Morgan fingerprint density at radius 1 is 0.700 bits per heavy atom. The van der Waals surface area contributed by atoms with Crippen LogP contribution in [0.15, 0.2) is 0 Å². The molecular formula is C6H12O4. The van der Waals surface area contributed by atoms with Crippen LogP contribution in [0.25, 0.3) is 0 Å². The lowest BCUT2D eigenvalue weighted by Gasteiger charge is -2.31. The summed E-state index contributed by atoms with van der Waals surface area (Å²) in [6.07, 6.45) is -3.47. The molecule has 4 nitrogen and oxygen atoms in total. The smallest absolute Gasteiger partial charge is 0.108 e. The molecule has 0 aromatic heterocycles. The third-order valence-electron chi connectivity index (χ3n) is 1.90. The molecule has 10 heavy (non-hydrogen) atoms. The summed E-state index contributed by atoms with van der Waals surface area (Å²) in [6.45, 7) is 0. The molecule has 0 aromatic rings. The van der Waals surface area contributed by atoms with Gasteiger partial charge >= 0.3 is 0 Å². The van der Waals surface area contributed by atoms with E-state index in [4.69, 9.17) is 20.4 Å². The van der Waals surface area contributed by atoms with Gasteiger partial charge in [0.2, 0.25) is 0 Å². The summed E-state index contributed by atoms with van der Waals surface area (Å²) in [5, 5.41) is 35.8. The Bertz CT molecular complexity index is 102. The minimum atomic E-state index is -1.19. The standard InChI is InChI=1S/C6H12O4/c7-3-1-2-4(8)6(10)5(3)9/h3-10H,1-2H2/t3-,4?,5?,6-/m0/s1. The molecule has 0 radical (unpaired) electrons. The summed E-state index contributed by atoms with van der Waals surface area (Å²) >= 11 is 0. The van der Waals surface area contributed by atoms with Gasteiger partial charge in [-0.3, -0.25) is 0 Å². The van der Waals surface area contributed by atoms with Gasteiger partial charge in [0.05, 0.1) is 12.2 Å². The average Bonchev–Trinajstić information content (AvgIpc) is 1.93. The predicted molar refractivity (Wildman–Crippen MR) is 33.3 cm³/mol. The van der Waals surface area contributed by atoms with Crippen molar-refractivity contribution in [2.75, 3.05) is 0 Å². The molecule has 60 valence electrons. The zero-order chi connectivity index (χ0) is 7.72. The summed E-state index contributed by atoms with van der Waals surface area (Å²) in [4.78, 5) is 0. The molecule has 0 heterocycles. The molecule has 0 amide bonds. The molecule has 0 aliphatic heterocycles. The topological polar surface area (TPSA) is 80.9 Å². The van der Waals surface area contributed by atoms with E-state index in [2.05, 4.69) is 0 Å². The minimum Gasteiger partial charge on any atom is -0.390 e. The van der Waals surface area contributed by atoms with Gasteiger partial charge in [0.25, 0.3) is 0 Å². The fourth-order valence-electron chi connectivity index (χ4n) is 1.14. The molecular weight excluding hydrogens is 136 g/mol. The molecule has 1 saturated carbocycles. The fraction of sp³-hybridized carbons (Fsp3) is 1.00. The van der Waals surface area contributed by atoms with E-state index < -0.39 is 24.4 Å². The highest BCUT2D eigenvalue weighted by molar-refractivity contribution is 4.86. The third-order valence-corrected chi connectivity index (χ3v) is 1.90. The van der Waals surface area contributed by atoms with E-state index in [9.17, 15) is 0 Å². The van der Waals surface area contributed by atoms with Crippen LogP contribution in [-0.2, 0) is 0 Å². The highest BCUT2D eigenvalue weighted by Gasteiger charge is 2.34. The van der Waals surface area contributed by atoms with Crippen molar-refractivity contribution in [2.45, 2.75) is 37.3 Å². The first-order valence-electron chi connectivity index (χ1n) is 3.35. The molecule has 0 saturated heterocycles. The lowest BCUT2D eigenvalue weighted by Crippen LogP contribution is -2.48. The molecule has 1 fully saturated rings. The van der Waals surface area contributed by atoms with E-state index in [1.54, 1.807) is 0 Å². The molecule has 4 heteroatoms. The second kappa shape index (κ2) is 2.84. The van der Waals surface area contributed by atoms with Gasteiger partial charge in [-0.15, -0.1) is 0 Å². The predicted octanol–water partition coefficient (Wildman–Crippen LogP) is -1.78. The zero-order valence-corrected chi connectivity index (χ0v) is 5.51. The fourth-order valence-corrected chi connectivity index (χ4v) is 1.14. The molecule has 0 aromatic carbocycles. The van der Waals surface area contributed by atoms with Crippen LogP contribution in [-0.4, -0.2) is 44.8 Å². The van der Waals surface area contributed by atoms with E-state index in [0.717, 1.165) is 0 Å². The van der Waals surface area contributed by atoms with Crippen LogP contribution in [0.4, 0.5) is 0 Å². The summed E-state index contributed by atoms with van der Waals surface area (Å²) in [6, 6.07) is 0. The molecule has 1 aliphatic rings. The second-order valence-corrected chi connectivity index (χ2v) is 2.69. The van der Waals surface area contributed by atoms with Crippen molar-refractivity contribution in [1.82, 2.24) is 0 Å². The average molecular weight is 148 g/mol. The lowest BCUT2D eigenvalue weighted by molar-refractivity contribution is -0.135. The van der Waals surface area contributed by atoms with Crippen LogP contribution < -0.4 is 0 Å². The van der Waals surface area contributed by atoms with Crippen LogP contribution in [0.5, 0.6) is 0 Å². The Morgan fingerprint density at radius 3 is 1.30 bits per heavy atom. The van der Waals surface area contributed by atoms with Crippen molar-refractivity contribution in [3.05, 3.63) is 0 Å². The van der Waals surface area contributed by atoms with Gasteiger partial charge in [-0.25, -0.2) is 0 Å². The Balaban J connectivity index is 2.52. The van der Waals surface area contributed by atoms with Crippen molar-refractivity contribution < 1.29 is 20.4 Å². The van der Waals surface area contributed by atoms with Crippen molar-refractivity contribution >= 4 is 0 Å². The third kappa shape index (κ3) is 1.29. The van der Waals surface area contributed by atoms with Crippen LogP contribution >= 0.6 is 0 Å². The Labute approximate surface area is 58.7 Å². The zero-order valence-electron chi connectivity index (χ0n) is 5.51. The van der Waals surface area contributed by atoms with Gasteiger partial charge in [-0.1, -0.05) is 0 Å². The highest BCUT2D eigenvalue weighted by atomic mass is 16.4. The van der Waals surface area contributed by atoms with Crippen molar-refractivity contribution in [3.8, 4) is 0 Å². The summed E-state index contributed by atoms with van der Waals surface area (Å²) < 4.78 is 0. The number of aliphatic hydroxyl groups is 4. The van der Waals surface area contributed by atoms with Gasteiger partial charge in [0.15, 0.2) is 0 Å². The van der Waals surface area contributed by atoms with Crippen LogP contribution in [0, 0.1) is 0 Å². The van der Waals surface area contributed by atoms with Gasteiger partial charge in [-0.05, 0) is 12.8 Å². The summed E-state index contributed by atoms with van der Waals surface area (Å²) in [7, 11) is 0. The van der Waals surface area contributed by atoms with Gasteiger partial charge in [0.1, 0.15) is 12.2 Å². The first kappa shape index (κ1) is 7.94. The molecule has 0 bridgehead atoms. The Kier molecular flexibility index (Phi) is 2.25. The SMILES string of the molecule is OC1CC[C@H](O)C(O)[C@H]1O. The first-order valence-corrected chi connectivity index (χ1v) is 3.35. The van der Waals surface area contributed by atoms with Crippen molar-refractivity contribution in [3.63, 3.8) is 0 Å². The van der Waals surface area contributed by atoms with Crippen molar-refractivity contribution in [1.29, 1.82) is 0 Å². The number of hydrogen-bond acceptors (Lipinski definition) is 4.